The molecule has 0 aromatic heterocycles. The zero-order valence-corrected chi connectivity index (χ0v) is 18.6. The van der Waals surface area contributed by atoms with Crippen molar-refractivity contribution in [3.63, 3.8) is 0 Å². The molecule has 0 aliphatic rings. The number of ether oxygens (including phenoxy) is 1. The number of sulfonamides is 1. The van der Waals surface area contributed by atoms with Crippen molar-refractivity contribution in [3.05, 3.63) is 90.0 Å². The second-order valence-corrected chi connectivity index (χ2v) is 8.87. The lowest BCUT2D eigenvalue weighted by Gasteiger charge is -2.24. The minimum Gasteiger partial charge on any atom is -0.462 e. The van der Waals surface area contributed by atoms with Crippen LogP contribution in [-0.2, 0) is 19.6 Å². The molecule has 7 nitrogen and oxygen atoms in total. The second kappa shape index (κ2) is 10.1. The number of rotatable bonds is 8. The van der Waals surface area contributed by atoms with Crippen LogP contribution in [0.2, 0.25) is 0 Å². The summed E-state index contributed by atoms with van der Waals surface area (Å²) in [4.78, 5) is 24.6. The normalized spacial score (nSPS) is 10.9. The van der Waals surface area contributed by atoms with Crippen LogP contribution in [0.4, 0.5) is 11.4 Å². The van der Waals surface area contributed by atoms with E-state index in [0.29, 0.717) is 16.9 Å². The number of benzene rings is 3. The van der Waals surface area contributed by atoms with Crippen LogP contribution in [0.15, 0.2) is 83.8 Å². The first-order valence-corrected chi connectivity index (χ1v) is 11.5. The van der Waals surface area contributed by atoms with Gasteiger partial charge < -0.3 is 10.1 Å². The van der Waals surface area contributed by atoms with Gasteiger partial charge in [-0.1, -0.05) is 35.9 Å². The fourth-order valence-electron chi connectivity index (χ4n) is 2.98. The van der Waals surface area contributed by atoms with Crippen molar-refractivity contribution in [2.75, 3.05) is 22.8 Å². The maximum atomic E-state index is 13.3. The van der Waals surface area contributed by atoms with Gasteiger partial charge in [0.2, 0.25) is 5.91 Å². The highest BCUT2D eigenvalue weighted by molar-refractivity contribution is 7.92. The first-order valence-electron chi connectivity index (χ1n) is 10.0. The predicted octanol–water partition coefficient (Wildman–Crippen LogP) is 4.01. The Labute approximate surface area is 187 Å². The molecule has 0 bridgehead atoms. The number of aryl methyl sites for hydroxylation is 1. The van der Waals surface area contributed by atoms with Gasteiger partial charge in [-0.2, -0.15) is 0 Å². The number of esters is 1. The van der Waals surface area contributed by atoms with Gasteiger partial charge in [0.1, 0.15) is 6.54 Å². The molecule has 32 heavy (non-hydrogen) atoms. The van der Waals surface area contributed by atoms with Crippen molar-refractivity contribution in [1.29, 1.82) is 0 Å². The molecule has 0 spiro atoms. The molecule has 0 saturated heterocycles. The minimum absolute atomic E-state index is 0.0959. The van der Waals surface area contributed by atoms with Crippen molar-refractivity contribution in [2.24, 2.45) is 0 Å². The molecular formula is C24H24N2O5S. The van der Waals surface area contributed by atoms with Crippen LogP contribution in [0.5, 0.6) is 0 Å². The van der Waals surface area contributed by atoms with Crippen molar-refractivity contribution < 1.29 is 22.7 Å². The van der Waals surface area contributed by atoms with Crippen LogP contribution in [0.25, 0.3) is 0 Å². The molecule has 0 saturated carbocycles. The third kappa shape index (κ3) is 5.53. The Morgan fingerprint density at radius 1 is 0.906 bits per heavy atom. The molecule has 0 radical (unpaired) electrons. The zero-order chi connectivity index (χ0) is 23.1. The van der Waals surface area contributed by atoms with E-state index in [0.717, 1.165) is 9.87 Å². The molecule has 3 rings (SSSR count). The molecule has 8 heteroatoms. The predicted molar refractivity (Wildman–Crippen MR) is 123 cm³/mol. The van der Waals surface area contributed by atoms with Crippen LogP contribution in [0, 0.1) is 6.92 Å². The monoisotopic (exact) mass is 452 g/mol. The van der Waals surface area contributed by atoms with Crippen molar-refractivity contribution in [1.82, 2.24) is 0 Å². The minimum atomic E-state index is -3.97. The van der Waals surface area contributed by atoms with Crippen molar-refractivity contribution in [3.8, 4) is 0 Å². The molecule has 0 heterocycles. The number of carbonyl (C=O) groups excluding carboxylic acids is 2. The van der Waals surface area contributed by atoms with Gasteiger partial charge in [0.05, 0.1) is 22.8 Å². The average Bonchev–Trinajstić information content (AvgIpc) is 2.79. The molecule has 166 valence electrons. The molecule has 1 N–H and O–H groups in total. The number of para-hydroxylation sites is 1. The first kappa shape index (κ1) is 23.0. The summed E-state index contributed by atoms with van der Waals surface area (Å²) in [5.41, 5.74) is 2.10. The quantitative estimate of drug-likeness (QED) is 0.522. The lowest BCUT2D eigenvalue weighted by molar-refractivity contribution is -0.114. The molecule has 3 aromatic carbocycles. The van der Waals surface area contributed by atoms with E-state index < -0.39 is 28.4 Å². The van der Waals surface area contributed by atoms with Gasteiger partial charge in [-0.3, -0.25) is 9.10 Å². The lowest BCUT2D eigenvalue weighted by atomic mass is 10.2. The van der Waals surface area contributed by atoms with Crippen LogP contribution < -0.4 is 9.62 Å². The van der Waals surface area contributed by atoms with E-state index in [1.54, 1.807) is 61.5 Å². The van der Waals surface area contributed by atoms with Gasteiger partial charge in [-0.15, -0.1) is 0 Å². The summed E-state index contributed by atoms with van der Waals surface area (Å²) in [6, 6.07) is 21.1. The highest BCUT2D eigenvalue weighted by Crippen LogP contribution is 2.24. The standard InChI is InChI=1S/C24H24N2O5S/c1-3-31-24(28)19-11-13-20(14-12-19)25-23(27)17-26(21-7-5-4-6-8-21)32(29,30)22-15-9-18(2)10-16-22/h4-16H,3,17H2,1-2H3,(H,25,27). The molecule has 0 aliphatic carbocycles. The van der Waals surface area contributed by atoms with E-state index in [1.165, 1.54) is 24.3 Å². The average molecular weight is 453 g/mol. The van der Waals surface area contributed by atoms with Crippen LogP contribution >= 0.6 is 0 Å². The summed E-state index contributed by atoms with van der Waals surface area (Å²) in [6.45, 7) is 3.43. The number of hydrogen-bond acceptors (Lipinski definition) is 5. The summed E-state index contributed by atoms with van der Waals surface area (Å²) < 4.78 is 32.6. The van der Waals surface area contributed by atoms with Crippen LogP contribution in [0.1, 0.15) is 22.8 Å². The third-order valence-electron chi connectivity index (χ3n) is 4.62. The Morgan fingerprint density at radius 2 is 1.53 bits per heavy atom. The molecule has 0 unspecified atom stereocenters. The van der Waals surface area contributed by atoms with Gasteiger partial charge in [0.25, 0.3) is 10.0 Å². The number of amides is 1. The molecule has 3 aromatic rings. The van der Waals surface area contributed by atoms with Gasteiger partial charge >= 0.3 is 5.97 Å². The molecule has 0 aliphatic heterocycles. The number of nitrogens with zero attached hydrogens (tertiary/aromatic N) is 1. The largest absolute Gasteiger partial charge is 0.462 e. The van der Waals surface area contributed by atoms with Crippen LogP contribution in [0.3, 0.4) is 0 Å². The lowest BCUT2D eigenvalue weighted by Crippen LogP contribution is -2.38. The van der Waals surface area contributed by atoms with E-state index in [2.05, 4.69) is 5.32 Å². The summed E-state index contributed by atoms with van der Waals surface area (Å²) in [5, 5.41) is 2.68. The van der Waals surface area contributed by atoms with Gasteiger partial charge in [-0.25, -0.2) is 13.2 Å². The fourth-order valence-corrected chi connectivity index (χ4v) is 4.40. The topological polar surface area (TPSA) is 92.8 Å². The van der Waals surface area contributed by atoms with E-state index >= 15 is 0 Å². The van der Waals surface area contributed by atoms with Crippen molar-refractivity contribution >= 4 is 33.3 Å². The molecular weight excluding hydrogens is 428 g/mol. The summed E-state index contributed by atoms with van der Waals surface area (Å²) in [7, 11) is -3.97. The van der Waals surface area contributed by atoms with Gasteiger partial charge in [0, 0.05) is 5.69 Å². The number of carbonyl (C=O) groups is 2. The summed E-state index contributed by atoms with van der Waals surface area (Å²) in [5.74, 6) is -0.974. The van der Waals surface area contributed by atoms with E-state index in [9.17, 15) is 18.0 Å². The number of hydrogen-bond donors (Lipinski definition) is 1. The number of nitrogens with one attached hydrogen (secondary N) is 1. The summed E-state index contributed by atoms with van der Waals surface area (Å²) >= 11 is 0. The molecule has 0 atom stereocenters. The van der Waals surface area contributed by atoms with E-state index in [-0.39, 0.29) is 11.5 Å². The molecule has 1 amide bonds. The SMILES string of the molecule is CCOC(=O)c1ccc(NC(=O)CN(c2ccccc2)S(=O)(=O)c2ccc(C)cc2)cc1. The second-order valence-electron chi connectivity index (χ2n) is 7.01. The summed E-state index contributed by atoms with van der Waals surface area (Å²) in [6.07, 6.45) is 0. The Hall–Kier alpha value is -3.65. The smallest absolute Gasteiger partial charge is 0.338 e. The van der Waals surface area contributed by atoms with Crippen molar-refractivity contribution in [2.45, 2.75) is 18.7 Å². The van der Waals surface area contributed by atoms with Gasteiger partial charge in [0.15, 0.2) is 0 Å². The maximum absolute atomic E-state index is 13.3. The van der Waals surface area contributed by atoms with E-state index in [1.807, 2.05) is 6.92 Å². The zero-order valence-electron chi connectivity index (χ0n) is 17.8. The Kier molecular flexibility index (Phi) is 7.27. The van der Waals surface area contributed by atoms with E-state index in [4.69, 9.17) is 4.74 Å². The highest BCUT2D eigenvalue weighted by atomic mass is 32.2. The Bertz CT molecular complexity index is 1180. The molecule has 0 fully saturated rings. The Morgan fingerprint density at radius 3 is 2.12 bits per heavy atom. The van der Waals surface area contributed by atoms with Crippen LogP contribution in [-0.4, -0.2) is 33.4 Å². The first-order chi connectivity index (χ1) is 15.3. The Balaban J connectivity index is 1.82. The number of anilines is 2. The van der Waals surface area contributed by atoms with Gasteiger partial charge in [-0.05, 0) is 62.4 Å². The maximum Gasteiger partial charge on any atom is 0.338 e. The third-order valence-corrected chi connectivity index (χ3v) is 6.41. The highest BCUT2D eigenvalue weighted by Gasteiger charge is 2.27. The fraction of sp³-hybridized carbons (Fsp3) is 0.167.